The molecule has 32 heavy (non-hydrogen) atoms. The molecular weight excluding hydrogens is 394 g/mol. The number of hydrogen-bond donors (Lipinski definition) is 1. The first-order chi connectivity index (χ1) is 15.8. The van der Waals surface area contributed by atoms with Crippen LogP contribution in [-0.2, 0) is 19.4 Å². The topological polar surface area (TPSA) is 31.6 Å². The Hall–Kier alpha value is -2.40. The summed E-state index contributed by atoms with van der Waals surface area (Å²) in [7, 11) is 0. The van der Waals surface area contributed by atoms with Gasteiger partial charge in [-0.2, -0.15) is 0 Å². The van der Waals surface area contributed by atoms with Crippen molar-refractivity contribution in [2.45, 2.75) is 38.3 Å². The molecule has 1 aromatic heterocycles. The fraction of sp³-hybridized carbons (Fsp3) is 0.429. The number of para-hydroxylation sites is 1. The van der Waals surface area contributed by atoms with Gasteiger partial charge in [0.1, 0.15) is 0 Å². The smallest absolute Gasteiger partial charge is 0.0845 e. The van der Waals surface area contributed by atoms with Gasteiger partial charge in [0.2, 0.25) is 0 Å². The Balaban J connectivity index is 1.14. The normalized spacial score (nSPS) is 18.9. The van der Waals surface area contributed by atoms with Gasteiger partial charge in [-0.25, -0.2) is 0 Å². The largest absolute Gasteiger partial charge is 0.390 e. The average molecular weight is 430 g/mol. The molecule has 168 valence electrons. The van der Waals surface area contributed by atoms with Gasteiger partial charge in [0, 0.05) is 55.9 Å². The third kappa shape index (κ3) is 4.83. The summed E-state index contributed by atoms with van der Waals surface area (Å²) < 4.78 is 2.42. The molecule has 0 spiro atoms. The van der Waals surface area contributed by atoms with E-state index in [-0.39, 0.29) is 6.10 Å². The molecule has 3 aromatic rings. The fourth-order valence-corrected chi connectivity index (χ4v) is 5.42. The van der Waals surface area contributed by atoms with Gasteiger partial charge in [-0.3, -0.25) is 9.80 Å². The molecule has 1 atom stereocenters. The predicted molar refractivity (Wildman–Crippen MR) is 133 cm³/mol. The third-order valence-electron chi connectivity index (χ3n) is 7.09. The summed E-state index contributed by atoms with van der Waals surface area (Å²) in [6.45, 7) is 6.64. The highest BCUT2D eigenvalue weighted by atomic mass is 16.3. The van der Waals surface area contributed by atoms with Crippen LogP contribution in [0.15, 0.2) is 60.7 Å². The molecule has 1 N–H and O–H groups in total. The lowest BCUT2D eigenvalue weighted by Gasteiger charge is -2.35. The Kier molecular flexibility index (Phi) is 6.72. The Morgan fingerprint density at radius 2 is 1.53 bits per heavy atom. The number of hydrogen-bond acceptors (Lipinski definition) is 3. The third-order valence-corrected chi connectivity index (χ3v) is 7.09. The van der Waals surface area contributed by atoms with E-state index in [2.05, 4.69) is 81.1 Å². The summed E-state index contributed by atoms with van der Waals surface area (Å²) in [5.74, 6) is 0. The second kappa shape index (κ2) is 10.0. The lowest BCUT2D eigenvalue weighted by molar-refractivity contribution is 0.0678. The van der Waals surface area contributed by atoms with Crippen molar-refractivity contribution in [2.24, 2.45) is 0 Å². The van der Waals surface area contributed by atoms with Crippen LogP contribution in [0, 0.1) is 0 Å². The number of β-amino-alcohol motifs (C(OH)–C–C–N with tert-alkyl or cyclic N) is 1. The van der Waals surface area contributed by atoms with E-state index in [1.807, 2.05) is 0 Å². The average Bonchev–Trinajstić information content (AvgIpc) is 3.15. The van der Waals surface area contributed by atoms with Crippen molar-refractivity contribution >= 4 is 17.0 Å². The molecule has 0 radical (unpaired) electrons. The number of aliphatic hydroxyl groups is 1. The molecule has 0 bridgehead atoms. The molecule has 1 saturated heterocycles. The van der Waals surface area contributed by atoms with E-state index in [1.54, 1.807) is 0 Å². The van der Waals surface area contributed by atoms with Crippen LogP contribution < -0.4 is 0 Å². The number of aliphatic hydroxyl groups excluding tert-OH is 1. The van der Waals surface area contributed by atoms with Crippen LogP contribution >= 0.6 is 0 Å². The summed E-state index contributed by atoms with van der Waals surface area (Å²) in [5, 5.41) is 12.4. The Labute approximate surface area is 191 Å². The van der Waals surface area contributed by atoms with E-state index < -0.39 is 0 Å². The molecule has 4 nitrogen and oxygen atoms in total. The first kappa shape index (κ1) is 21.4. The highest BCUT2D eigenvalue weighted by molar-refractivity contribution is 5.85. The first-order valence-corrected chi connectivity index (χ1v) is 12.2. The van der Waals surface area contributed by atoms with Gasteiger partial charge >= 0.3 is 0 Å². The summed E-state index contributed by atoms with van der Waals surface area (Å²) in [6, 6.07) is 19.2. The molecule has 1 unspecified atom stereocenters. The number of rotatable bonds is 7. The van der Waals surface area contributed by atoms with E-state index in [0.717, 1.165) is 45.7 Å². The van der Waals surface area contributed by atoms with E-state index in [1.165, 1.54) is 47.0 Å². The van der Waals surface area contributed by atoms with Crippen LogP contribution in [0.1, 0.15) is 29.7 Å². The molecule has 4 heteroatoms. The van der Waals surface area contributed by atoms with Crippen molar-refractivity contribution in [3.63, 3.8) is 0 Å². The van der Waals surface area contributed by atoms with Gasteiger partial charge in [-0.05, 0) is 42.9 Å². The molecule has 2 aliphatic rings. The first-order valence-electron chi connectivity index (χ1n) is 12.2. The van der Waals surface area contributed by atoms with Gasteiger partial charge in [-0.15, -0.1) is 0 Å². The van der Waals surface area contributed by atoms with Crippen LogP contribution in [0.25, 0.3) is 17.0 Å². The molecular formula is C28H35N3O. The highest BCUT2D eigenvalue weighted by Gasteiger charge is 2.23. The van der Waals surface area contributed by atoms with Gasteiger partial charge < -0.3 is 9.67 Å². The minimum Gasteiger partial charge on any atom is -0.390 e. The van der Waals surface area contributed by atoms with E-state index in [0.29, 0.717) is 6.54 Å². The van der Waals surface area contributed by atoms with Crippen LogP contribution in [0.4, 0.5) is 0 Å². The van der Waals surface area contributed by atoms with Gasteiger partial charge in [0.05, 0.1) is 12.6 Å². The SMILES string of the molecule is OC(CN1CCN(C/C=C/c2ccccc2)CC1)Cn1c2c(c3ccccc31)CCCC2. The van der Waals surface area contributed by atoms with Crippen molar-refractivity contribution in [3.05, 3.63) is 77.5 Å². The van der Waals surface area contributed by atoms with Crippen molar-refractivity contribution in [2.75, 3.05) is 39.3 Å². The predicted octanol–water partition coefficient (Wildman–Crippen LogP) is 4.21. The molecule has 2 heterocycles. The standard InChI is InChI=1S/C28H35N3O/c32-24(22-31-27-14-6-4-12-25(27)26-13-5-7-15-28(26)31)21-30-19-17-29(18-20-30)16-8-11-23-9-2-1-3-10-23/h1-4,6,8-12,14,24,32H,5,7,13,15-22H2/b11-8+. The Morgan fingerprint density at radius 1 is 0.812 bits per heavy atom. The van der Waals surface area contributed by atoms with E-state index in [4.69, 9.17) is 0 Å². The summed E-state index contributed by atoms with van der Waals surface area (Å²) in [6.07, 6.45) is 9.01. The number of fused-ring (bicyclic) bond motifs is 3. The maximum atomic E-state index is 11.0. The Morgan fingerprint density at radius 3 is 2.38 bits per heavy atom. The minimum absolute atomic E-state index is 0.332. The zero-order valence-corrected chi connectivity index (χ0v) is 19.0. The number of aromatic nitrogens is 1. The van der Waals surface area contributed by atoms with Gasteiger partial charge in [0.25, 0.3) is 0 Å². The number of aryl methyl sites for hydroxylation is 1. The molecule has 2 aromatic carbocycles. The lowest BCUT2D eigenvalue weighted by Crippen LogP contribution is -2.48. The monoisotopic (exact) mass is 429 g/mol. The quantitative estimate of drug-likeness (QED) is 0.610. The lowest BCUT2D eigenvalue weighted by atomic mass is 9.95. The summed E-state index contributed by atoms with van der Waals surface area (Å²) in [4.78, 5) is 4.93. The zero-order chi connectivity index (χ0) is 21.8. The molecule has 1 aliphatic carbocycles. The summed E-state index contributed by atoms with van der Waals surface area (Å²) >= 11 is 0. The molecule has 5 rings (SSSR count). The molecule has 0 saturated carbocycles. The van der Waals surface area contributed by atoms with Crippen LogP contribution in [0.2, 0.25) is 0 Å². The van der Waals surface area contributed by atoms with Crippen molar-refractivity contribution < 1.29 is 5.11 Å². The van der Waals surface area contributed by atoms with E-state index in [9.17, 15) is 5.11 Å². The fourth-order valence-electron chi connectivity index (χ4n) is 5.42. The Bertz CT molecular complexity index is 1050. The minimum atomic E-state index is -0.332. The zero-order valence-electron chi connectivity index (χ0n) is 19.0. The van der Waals surface area contributed by atoms with Crippen LogP contribution in [-0.4, -0.2) is 64.8 Å². The van der Waals surface area contributed by atoms with E-state index >= 15 is 0 Å². The number of nitrogens with zero attached hydrogens (tertiary/aromatic N) is 3. The van der Waals surface area contributed by atoms with Gasteiger partial charge in [0.15, 0.2) is 0 Å². The van der Waals surface area contributed by atoms with Crippen LogP contribution in [0.3, 0.4) is 0 Å². The number of benzene rings is 2. The second-order valence-corrected chi connectivity index (χ2v) is 9.33. The van der Waals surface area contributed by atoms with Crippen LogP contribution in [0.5, 0.6) is 0 Å². The van der Waals surface area contributed by atoms with Gasteiger partial charge in [-0.1, -0.05) is 60.7 Å². The molecule has 1 aliphatic heterocycles. The summed E-state index contributed by atoms with van der Waals surface area (Å²) in [5.41, 5.74) is 5.55. The number of piperazine rings is 1. The van der Waals surface area contributed by atoms with Crippen molar-refractivity contribution in [3.8, 4) is 0 Å². The highest BCUT2D eigenvalue weighted by Crippen LogP contribution is 2.32. The van der Waals surface area contributed by atoms with Crippen molar-refractivity contribution in [1.29, 1.82) is 0 Å². The molecule has 1 fully saturated rings. The maximum Gasteiger partial charge on any atom is 0.0845 e. The molecule has 0 amide bonds. The second-order valence-electron chi connectivity index (χ2n) is 9.33. The van der Waals surface area contributed by atoms with Crippen molar-refractivity contribution in [1.82, 2.24) is 14.4 Å². The maximum absolute atomic E-state index is 11.0.